The van der Waals surface area contributed by atoms with Crippen molar-refractivity contribution in [2.45, 2.75) is 25.0 Å². The Bertz CT molecular complexity index is 440. The molecule has 2 atom stereocenters. The molecule has 4 heteroatoms. The zero-order valence-electron chi connectivity index (χ0n) is 10.9. The molecule has 3 heterocycles. The molecule has 3 saturated heterocycles. The quantitative estimate of drug-likeness (QED) is 0.835. The number of ether oxygens (including phenoxy) is 1. The summed E-state index contributed by atoms with van der Waals surface area (Å²) >= 11 is 0. The second-order valence-corrected chi connectivity index (χ2v) is 5.43. The Morgan fingerprint density at radius 3 is 2.53 bits per heavy atom. The molecule has 4 nitrogen and oxygen atoms in total. The number of carbonyl (C=O) groups is 1. The van der Waals surface area contributed by atoms with Crippen LogP contribution < -0.4 is 0 Å². The summed E-state index contributed by atoms with van der Waals surface area (Å²) in [4.78, 5) is 14.3. The number of carbonyl (C=O) groups excluding carboxylic acids is 1. The van der Waals surface area contributed by atoms with Crippen molar-refractivity contribution < 1.29 is 14.6 Å². The summed E-state index contributed by atoms with van der Waals surface area (Å²) in [6.45, 7) is 3.04. The van der Waals surface area contributed by atoms with E-state index in [-0.39, 0.29) is 6.10 Å². The van der Waals surface area contributed by atoms with Crippen LogP contribution in [0.5, 0.6) is 0 Å². The van der Waals surface area contributed by atoms with Crippen molar-refractivity contribution in [2.24, 2.45) is 5.92 Å². The first-order chi connectivity index (χ1) is 9.24. The molecule has 19 heavy (non-hydrogen) atoms. The number of aliphatic hydroxyl groups is 1. The van der Waals surface area contributed by atoms with Crippen molar-refractivity contribution >= 4 is 5.97 Å². The maximum Gasteiger partial charge on any atom is 0.339 e. The first kappa shape index (κ1) is 12.6. The third-order valence-electron chi connectivity index (χ3n) is 4.20. The van der Waals surface area contributed by atoms with Gasteiger partial charge in [-0.3, -0.25) is 4.90 Å². The largest absolute Gasteiger partial charge is 0.459 e. The molecule has 0 aliphatic carbocycles. The minimum absolute atomic E-state index is 0.0478. The smallest absolute Gasteiger partial charge is 0.339 e. The van der Waals surface area contributed by atoms with E-state index in [0.29, 0.717) is 11.5 Å². The van der Waals surface area contributed by atoms with E-state index in [1.54, 1.807) is 24.3 Å². The molecular formula is C15H19NO3. The Balaban J connectivity index is 1.62. The van der Waals surface area contributed by atoms with E-state index in [0.717, 1.165) is 32.5 Å². The monoisotopic (exact) mass is 261 g/mol. The molecule has 1 N–H and O–H groups in total. The van der Waals surface area contributed by atoms with E-state index in [2.05, 4.69) is 4.90 Å². The van der Waals surface area contributed by atoms with Gasteiger partial charge in [-0.05, 0) is 37.4 Å². The van der Waals surface area contributed by atoms with Crippen molar-refractivity contribution in [3.63, 3.8) is 0 Å². The number of nitrogens with zero attached hydrogens (tertiary/aromatic N) is 1. The number of piperidine rings is 3. The second-order valence-electron chi connectivity index (χ2n) is 5.43. The standard InChI is InChI=1S/C15H19NO3/c17-14(12-4-2-1-3-5-12)15(18)19-13-10-16-8-6-11(13)7-9-16/h1-5,11,13-14,17H,6-10H2/t13-,14?/m0/s1. The van der Waals surface area contributed by atoms with Gasteiger partial charge in [-0.1, -0.05) is 30.3 Å². The summed E-state index contributed by atoms with van der Waals surface area (Å²) in [5.41, 5.74) is 0.591. The molecule has 3 aliphatic heterocycles. The van der Waals surface area contributed by atoms with Crippen molar-refractivity contribution in [1.29, 1.82) is 0 Å². The Morgan fingerprint density at radius 1 is 1.26 bits per heavy atom. The van der Waals surface area contributed by atoms with Crippen LogP contribution in [0, 0.1) is 5.92 Å². The molecule has 0 spiro atoms. The minimum atomic E-state index is -1.17. The number of esters is 1. The van der Waals surface area contributed by atoms with Crippen LogP contribution in [0.25, 0.3) is 0 Å². The highest BCUT2D eigenvalue weighted by Gasteiger charge is 2.37. The first-order valence-corrected chi connectivity index (χ1v) is 6.90. The number of hydrogen-bond donors (Lipinski definition) is 1. The average molecular weight is 261 g/mol. The lowest BCUT2D eigenvalue weighted by molar-refractivity contribution is -0.169. The van der Waals surface area contributed by atoms with Gasteiger partial charge in [0.25, 0.3) is 0 Å². The highest BCUT2D eigenvalue weighted by molar-refractivity contribution is 5.76. The van der Waals surface area contributed by atoms with Crippen LogP contribution in [0.1, 0.15) is 24.5 Å². The maximum absolute atomic E-state index is 12.0. The predicted octanol–water partition coefficient (Wildman–Crippen LogP) is 1.36. The Hall–Kier alpha value is -1.39. The van der Waals surface area contributed by atoms with E-state index in [9.17, 15) is 9.90 Å². The van der Waals surface area contributed by atoms with Crippen LogP contribution >= 0.6 is 0 Å². The first-order valence-electron chi connectivity index (χ1n) is 6.90. The molecule has 3 fully saturated rings. The summed E-state index contributed by atoms with van der Waals surface area (Å²) in [7, 11) is 0. The third-order valence-corrected chi connectivity index (χ3v) is 4.20. The zero-order valence-corrected chi connectivity index (χ0v) is 10.9. The molecule has 0 saturated carbocycles. The maximum atomic E-state index is 12.0. The predicted molar refractivity (Wildman–Crippen MR) is 70.4 cm³/mol. The highest BCUT2D eigenvalue weighted by atomic mass is 16.6. The van der Waals surface area contributed by atoms with Crippen LogP contribution in [0.4, 0.5) is 0 Å². The van der Waals surface area contributed by atoms with Crippen LogP contribution in [-0.2, 0) is 9.53 Å². The van der Waals surface area contributed by atoms with E-state index in [4.69, 9.17) is 4.74 Å². The number of benzene rings is 1. The fourth-order valence-electron chi connectivity index (χ4n) is 3.03. The van der Waals surface area contributed by atoms with Gasteiger partial charge in [-0.2, -0.15) is 0 Å². The second kappa shape index (κ2) is 5.31. The molecule has 1 aromatic carbocycles. The molecular weight excluding hydrogens is 242 g/mol. The van der Waals surface area contributed by atoms with Gasteiger partial charge in [0.1, 0.15) is 6.10 Å². The molecule has 0 amide bonds. The minimum Gasteiger partial charge on any atom is -0.459 e. The van der Waals surface area contributed by atoms with Gasteiger partial charge in [0.05, 0.1) is 0 Å². The molecule has 1 unspecified atom stereocenters. The molecule has 2 bridgehead atoms. The summed E-state index contributed by atoms with van der Waals surface area (Å²) < 4.78 is 5.51. The summed E-state index contributed by atoms with van der Waals surface area (Å²) in [6.07, 6.45) is 0.976. The number of aliphatic hydroxyl groups excluding tert-OH is 1. The number of hydrogen-bond acceptors (Lipinski definition) is 4. The Morgan fingerprint density at radius 2 is 1.95 bits per heavy atom. The molecule has 1 aromatic rings. The van der Waals surface area contributed by atoms with Crippen molar-refractivity contribution in [3.8, 4) is 0 Å². The van der Waals surface area contributed by atoms with Gasteiger partial charge in [0, 0.05) is 6.54 Å². The van der Waals surface area contributed by atoms with Gasteiger partial charge < -0.3 is 9.84 Å². The fourth-order valence-corrected chi connectivity index (χ4v) is 3.03. The Labute approximate surface area is 113 Å². The van der Waals surface area contributed by atoms with Crippen LogP contribution in [0.3, 0.4) is 0 Å². The van der Waals surface area contributed by atoms with Crippen LogP contribution in [0.15, 0.2) is 30.3 Å². The van der Waals surface area contributed by atoms with Crippen molar-refractivity contribution in [1.82, 2.24) is 4.90 Å². The highest BCUT2D eigenvalue weighted by Crippen LogP contribution is 2.30. The normalized spacial score (nSPS) is 30.9. The van der Waals surface area contributed by atoms with Crippen LogP contribution in [0.2, 0.25) is 0 Å². The average Bonchev–Trinajstić information content (AvgIpc) is 2.48. The molecule has 3 aliphatic rings. The van der Waals surface area contributed by atoms with E-state index >= 15 is 0 Å². The van der Waals surface area contributed by atoms with Gasteiger partial charge in [-0.25, -0.2) is 4.79 Å². The number of rotatable bonds is 3. The lowest BCUT2D eigenvalue weighted by Crippen LogP contribution is -2.52. The summed E-state index contributed by atoms with van der Waals surface area (Å²) in [5, 5.41) is 10.0. The lowest BCUT2D eigenvalue weighted by atomic mass is 9.86. The lowest BCUT2D eigenvalue weighted by Gasteiger charge is -2.44. The summed E-state index contributed by atoms with van der Waals surface area (Å²) in [6, 6.07) is 8.94. The van der Waals surface area contributed by atoms with Crippen molar-refractivity contribution in [2.75, 3.05) is 19.6 Å². The third kappa shape index (κ3) is 2.65. The topological polar surface area (TPSA) is 49.8 Å². The van der Waals surface area contributed by atoms with E-state index in [1.807, 2.05) is 6.07 Å². The molecule has 102 valence electrons. The Kier molecular flexibility index (Phi) is 3.53. The number of fused-ring (bicyclic) bond motifs is 3. The van der Waals surface area contributed by atoms with E-state index in [1.165, 1.54) is 0 Å². The fraction of sp³-hybridized carbons (Fsp3) is 0.533. The molecule has 4 rings (SSSR count). The van der Waals surface area contributed by atoms with Crippen molar-refractivity contribution in [3.05, 3.63) is 35.9 Å². The SMILES string of the molecule is O=C(O[C@H]1CN2CCC1CC2)C(O)c1ccccc1. The van der Waals surface area contributed by atoms with Gasteiger partial charge >= 0.3 is 5.97 Å². The van der Waals surface area contributed by atoms with Gasteiger partial charge in [-0.15, -0.1) is 0 Å². The van der Waals surface area contributed by atoms with E-state index < -0.39 is 12.1 Å². The zero-order chi connectivity index (χ0) is 13.2. The summed E-state index contributed by atoms with van der Waals surface area (Å²) in [5.74, 6) is -0.0538. The van der Waals surface area contributed by atoms with Crippen LogP contribution in [-0.4, -0.2) is 41.7 Å². The van der Waals surface area contributed by atoms with Gasteiger partial charge in [0.15, 0.2) is 6.10 Å². The van der Waals surface area contributed by atoms with Gasteiger partial charge in [0.2, 0.25) is 0 Å². The molecule has 0 radical (unpaired) electrons. The molecule has 0 aromatic heterocycles.